The van der Waals surface area contributed by atoms with E-state index in [1.165, 1.54) is 0 Å². The van der Waals surface area contributed by atoms with Crippen molar-refractivity contribution in [1.82, 2.24) is 0 Å². The molecular weight excluding hydrogens is 136 g/mol. The fourth-order valence-electron chi connectivity index (χ4n) is 1.43. The van der Waals surface area contributed by atoms with Crippen LogP contribution in [0.15, 0.2) is 0 Å². The molecule has 1 radical (unpaired) electrons. The lowest BCUT2D eigenvalue weighted by atomic mass is 9.89. The van der Waals surface area contributed by atoms with Crippen LogP contribution in [0, 0.1) is 0 Å². The van der Waals surface area contributed by atoms with Gasteiger partial charge in [-0.3, -0.25) is 0 Å². The summed E-state index contributed by atoms with van der Waals surface area (Å²) in [5.74, 6) is 0. The molecule has 0 aromatic carbocycles. The highest BCUT2D eigenvalue weighted by Crippen LogP contribution is 2.24. The zero-order chi connectivity index (χ0) is 8.74. The Kier molecular flexibility index (Phi) is 5.57. The van der Waals surface area contributed by atoms with E-state index in [1.54, 1.807) is 0 Å². The summed E-state index contributed by atoms with van der Waals surface area (Å²) in [5, 5.41) is 11.8. The number of hydrogen-bond acceptors (Lipinski definition) is 0. The molecule has 67 valence electrons. The van der Waals surface area contributed by atoms with Gasteiger partial charge < -0.3 is 0 Å². The maximum absolute atomic E-state index is 11.8. The molecule has 1 unspecified atom stereocenters. The summed E-state index contributed by atoms with van der Waals surface area (Å²) in [6.07, 6.45) is 5.78. The molecule has 0 rings (SSSR count). The number of rotatable bonds is 6. The highest BCUT2D eigenvalue weighted by Gasteiger charge is 2.24. The second-order valence-electron chi connectivity index (χ2n) is 3.39. The molecule has 0 amide bonds. The molecule has 0 saturated carbocycles. The highest BCUT2D eigenvalue weighted by molar-refractivity contribution is 4.75. The topological polar surface area (TPSA) is 19.9 Å². The molecule has 0 bridgehead atoms. The van der Waals surface area contributed by atoms with Crippen molar-refractivity contribution < 1.29 is 5.11 Å². The van der Waals surface area contributed by atoms with Crippen LogP contribution in [-0.2, 0) is 5.11 Å². The van der Waals surface area contributed by atoms with Crippen molar-refractivity contribution in [2.75, 3.05) is 0 Å². The van der Waals surface area contributed by atoms with Crippen LogP contribution in [0.2, 0.25) is 0 Å². The monoisotopic (exact) mass is 157 g/mol. The largest absolute Gasteiger partial charge is 0.230 e. The van der Waals surface area contributed by atoms with Crippen LogP contribution in [0.1, 0.15) is 59.3 Å². The first-order valence-corrected chi connectivity index (χ1v) is 4.89. The minimum absolute atomic E-state index is 0.606. The Labute approximate surface area is 70.8 Å². The van der Waals surface area contributed by atoms with Crippen LogP contribution >= 0.6 is 0 Å². The molecule has 1 nitrogen and oxygen atoms in total. The Morgan fingerprint density at radius 3 is 2.00 bits per heavy atom. The van der Waals surface area contributed by atoms with E-state index < -0.39 is 5.60 Å². The first-order chi connectivity index (χ1) is 5.18. The van der Waals surface area contributed by atoms with Gasteiger partial charge in [0.2, 0.25) is 0 Å². The molecule has 0 heterocycles. The summed E-state index contributed by atoms with van der Waals surface area (Å²) >= 11 is 0. The van der Waals surface area contributed by atoms with Crippen molar-refractivity contribution in [3.8, 4) is 0 Å². The van der Waals surface area contributed by atoms with Gasteiger partial charge in [0, 0.05) is 0 Å². The quantitative estimate of drug-likeness (QED) is 0.562. The van der Waals surface area contributed by atoms with Crippen molar-refractivity contribution in [2.24, 2.45) is 0 Å². The Bertz CT molecular complexity index is 90.9. The summed E-state index contributed by atoms with van der Waals surface area (Å²) in [6.45, 7) is 6.24. The molecule has 0 aromatic rings. The molecule has 0 saturated heterocycles. The van der Waals surface area contributed by atoms with Gasteiger partial charge in [-0.2, -0.15) is 0 Å². The minimum atomic E-state index is -0.606. The van der Waals surface area contributed by atoms with E-state index in [-0.39, 0.29) is 0 Å². The van der Waals surface area contributed by atoms with Crippen molar-refractivity contribution >= 4 is 0 Å². The lowest BCUT2D eigenvalue weighted by Crippen LogP contribution is -2.25. The van der Waals surface area contributed by atoms with Crippen LogP contribution in [-0.4, -0.2) is 5.60 Å². The zero-order valence-electron chi connectivity index (χ0n) is 8.15. The second kappa shape index (κ2) is 5.59. The predicted molar refractivity (Wildman–Crippen MR) is 48.1 cm³/mol. The van der Waals surface area contributed by atoms with Crippen LogP contribution in [0.25, 0.3) is 0 Å². The van der Waals surface area contributed by atoms with Crippen molar-refractivity contribution in [2.45, 2.75) is 64.9 Å². The molecule has 1 atom stereocenters. The number of hydrogen-bond donors (Lipinski definition) is 0. The third-order valence-electron chi connectivity index (χ3n) is 2.34. The standard InChI is InChI=1S/C10H21O/c1-4-7-9-10(11,6-3)8-5-2/h4-9H2,1-3H3. The summed E-state index contributed by atoms with van der Waals surface area (Å²) < 4.78 is 0. The third kappa shape index (κ3) is 4.41. The average molecular weight is 157 g/mol. The van der Waals surface area contributed by atoms with E-state index in [0.717, 1.165) is 38.5 Å². The molecular formula is C10H21O. The van der Waals surface area contributed by atoms with Crippen molar-refractivity contribution in [1.29, 1.82) is 0 Å². The maximum atomic E-state index is 11.8. The maximum Gasteiger partial charge on any atom is 0.103 e. The first kappa shape index (κ1) is 11.0. The molecule has 11 heavy (non-hydrogen) atoms. The highest BCUT2D eigenvalue weighted by atomic mass is 16.3. The predicted octanol–water partition coefficient (Wildman–Crippen LogP) is 3.56. The average Bonchev–Trinajstić information content (AvgIpc) is 2.02. The fourth-order valence-corrected chi connectivity index (χ4v) is 1.43. The van der Waals surface area contributed by atoms with Gasteiger partial charge in [0.05, 0.1) is 0 Å². The summed E-state index contributed by atoms with van der Waals surface area (Å²) in [5.41, 5.74) is -0.606. The lowest BCUT2D eigenvalue weighted by molar-refractivity contribution is -0.0488. The number of unbranched alkanes of at least 4 members (excludes halogenated alkanes) is 1. The zero-order valence-corrected chi connectivity index (χ0v) is 8.15. The van der Waals surface area contributed by atoms with Crippen molar-refractivity contribution in [3.63, 3.8) is 0 Å². The fraction of sp³-hybridized carbons (Fsp3) is 1.00. The van der Waals surface area contributed by atoms with E-state index in [4.69, 9.17) is 0 Å². The van der Waals surface area contributed by atoms with Gasteiger partial charge in [0.15, 0.2) is 0 Å². The molecule has 1 heteroatoms. The van der Waals surface area contributed by atoms with E-state index >= 15 is 0 Å². The van der Waals surface area contributed by atoms with Crippen LogP contribution < -0.4 is 0 Å². The first-order valence-electron chi connectivity index (χ1n) is 4.89. The smallest absolute Gasteiger partial charge is 0.103 e. The van der Waals surface area contributed by atoms with Crippen molar-refractivity contribution in [3.05, 3.63) is 0 Å². The van der Waals surface area contributed by atoms with Gasteiger partial charge in [0.1, 0.15) is 5.60 Å². The van der Waals surface area contributed by atoms with Gasteiger partial charge in [-0.15, -0.1) is 0 Å². The minimum Gasteiger partial charge on any atom is -0.230 e. The summed E-state index contributed by atoms with van der Waals surface area (Å²) in [7, 11) is 0. The van der Waals surface area contributed by atoms with E-state index in [2.05, 4.69) is 13.8 Å². The van der Waals surface area contributed by atoms with Gasteiger partial charge >= 0.3 is 0 Å². The molecule has 0 fully saturated rings. The van der Waals surface area contributed by atoms with Gasteiger partial charge in [-0.1, -0.05) is 40.0 Å². The molecule has 0 aliphatic heterocycles. The summed E-state index contributed by atoms with van der Waals surface area (Å²) in [6, 6.07) is 0. The SMILES string of the molecule is CCCCC([O])(CC)CCC. The lowest BCUT2D eigenvalue weighted by Gasteiger charge is -2.22. The van der Waals surface area contributed by atoms with Gasteiger partial charge in [-0.25, -0.2) is 5.11 Å². The van der Waals surface area contributed by atoms with Gasteiger partial charge in [-0.05, 0) is 19.3 Å². The second-order valence-corrected chi connectivity index (χ2v) is 3.39. The Balaban J connectivity index is 3.68. The van der Waals surface area contributed by atoms with E-state index in [9.17, 15) is 5.11 Å². The summed E-state index contributed by atoms with van der Waals surface area (Å²) in [4.78, 5) is 0. The normalized spacial score (nSPS) is 16.4. The molecule has 0 aliphatic rings. The van der Waals surface area contributed by atoms with Gasteiger partial charge in [0.25, 0.3) is 0 Å². The molecule has 0 aromatic heterocycles. The molecule has 0 spiro atoms. The Morgan fingerprint density at radius 2 is 1.64 bits per heavy atom. The Morgan fingerprint density at radius 1 is 1.00 bits per heavy atom. The van der Waals surface area contributed by atoms with Crippen LogP contribution in [0.5, 0.6) is 0 Å². The Hall–Kier alpha value is -0.0400. The van der Waals surface area contributed by atoms with Crippen LogP contribution in [0.3, 0.4) is 0 Å². The van der Waals surface area contributed by atoms with E-state index in [1.807, 2.05) is 6.92 Å². The van der Waals surface area contributed by atoms with Crippen LogP contribution in [0.4, 0.5) is 0 Å². The third-order valence-corrected chi connectivity index (χ3v) is 2.34. The molecule has 0 aliphatic carbocycles. The van der Waals surface area contributed by atoms with E-state index in [0.29, 0.717) is 0 Å². The molecule has 0 N–H and O–H groups in total.